The van der Waals surface area contributed by atoms with E-state index in [-0.39, 0.29) is 24.2 Å². The van der Waals surface area contributed by atoms with Crippen LogP contribution in [0.15, 0.2) is 0 Å². The third-order valence-electron chi connectivity index (χ3n) is 3.90. The smallest absolute Gasteiger partial charge is 0.246 e. The second kappa shape index (κ2) is 7.10. The molecule has 0 aliphatic heterocycles. The first kappa shape index (κ1) is 15.4. The van der Waals surface area contributed by atoms with E-state index in [0.29, 0.717) is 0 Å². The first-order valence-electron chi connectivity index (χ1n) is 7.02. The van der Waals surface area contributed by atoms with Crippen LogP contribution in [0.5, 0.6) is 0 Å². The van der Waals surface area contributed by atoms with E-state index in [9.17, 15) is 4.79 Å². The third-order valence-corrected chi connectivity index (χ3v) is 3.90. The molecule has 0 radical (unpaired) electrons. The largest absolute Gasteiger partial charge is 0.369 e. The molecule has 0 bridgehead atoms. The lowest BCUT2D eigenvalue weighted by molar-refractivity contribution is -0.127. The molecule has 0 atom stereocenters. The molecule has 0 saturated heterocycles. The SMILES string of the molecule is CC(C)OCC(=O)NCC1(N(C)C)CCCCC1. The van der Waals surface area contributed by atoms with Gasteiger partial charge in [0, 0.05) is 12.1 Å². The monoisotopic (exact) mass is 256 g/mol. The van der Waals surface area contributed by atoms with E-state index in [1.807, 2.05) is 13.8 Å². The highest BCUT2D eigenvalue weighted by molar-refractivity contribution is 5.77. The van der Waals surface area contributed by atoms with Gasteiger partial charge in [0.1, 0.15) is 6.61 Å². The van der Waals surface area contributed by atoms with Crippen molar-refractivity contribution >= 4 is 5.91 Å². The first-order valence-corrected chi connectivity index (χ1v) is 7.02. The second-order valence-electron chi connectivity index (χ2n) is 5.82. The van der Waals surface area contributed by atoms with Crippen LogP contribution < -0.4 is 5.32 Å². The number of likely N-dealkylation sites (N-methyl/N-ethyl adjacent to an activating group) is 1. The molecule has 1 saturated carbocycles. The maximum atomic E-state index is 11.7. The molecule has 0 spiro atoms. The highest BCUT2D eigenvalue weighted by Gasteiger charge is 2.34. The molecule has 0 aromatic carbocycles. The number of nitrogens with one attached hydrogen (secondary N) is 1. The topological polar surface area (TPSA) is 41.6 Å². The molecule has 0 aromatic heterocycles. The first-order chi connectivity index (χ1) is 8.46. The van der Waals surface area contributed by atoms with Crippen molar-refractivity contribution in [2.75, 3.05) is 27.2 Å². The fraction of sp³-hybridized carbons (Fsp3) is 0.929. The molecular weight excluding hydrogens is 228 g/mol. The van der Waals surface area contributed by atoms with Gasteiger partial charge in [0.05, 0.1) is 6.10 Å². The third kappa shape index (κ3) is 4.58. The Balaban J connectivity index is 2.40. The molecule has 0 heterocycles. The number of ether oxygens (including phenoxy) is 1. The summed E-state index contributed by atoms with van der Waals surface area (Å²) in [5, 5.41) is 3.02. The van der Waals surface area contributed by atoms with Crippen molar-refractivity contribution < 1.29 is 9.53 Å². The van der Waals surface area contributed by atoms with Crippen LogP contribution in [0.1, 0.15) is 46.0 Å². The predicted molar refractivity (Wildman–Crippen MR) is 73.6 cm³/mol. The molecule has 4 heteroatoms. The standard InChI is InChI=1S/C14H28N2O2/c1-12(2)18-10-13(17)15-11-14(16(3)4)8-6-5-7-9-14/h12H,5-11H2,1-4H3,(H,15,17). The summed E-state index contributed by atoms with van der Waals surface area (Å²) in [6.45, 7) is 4.78. The van der Waals surface area contributed by atoms with Crippen LogP contribution in [0.4, 0.5) is 0 Å². The van der Waals surface area contributed by atoms with Crippen LogP contribution in [0.25, 0.3) is 0 Å². The number of hydrogen-bond acceptors (Lipinski definition) is 3. The summed E-state index contributed by atoms with van der Waals surface area (Å²) >= 11 is 0. The van der Waals surface area contributed by atoms with Crippen molar-refractivity contribution in [3.8, 4) is 0 Å². The summed E-state index contributed by atoms with van der Waals surface area (Å²) < 4.78 is 5.31. The Morgan fingerprint density at radius 3 is 2.39 bits per heavy atom. The fourth-order valence-electron chi connectivity index (χ4n) is 2.55. The van der Waals surface area contributed by atoms with Crippen LogP contribution in [0, 0.1) is 0 Å². The van der Waals surface area contributed by atoms with Crippen molar-refractivity contribution in [3.05, 3.63) is 0 Å². The lowest BCUT2D eigenvalue weighted by atomic mass is 9.80. The molecule has 1 aliphatic rings. The van der Waals surface area contributed by atoms with Gasteiger partial charge in [-0.25, -0.2) is 0 Å². The minimum absolute atomic E-state index is 0.00417. The van der Waals surface area contributed by atoms with Gasteiger partial charge in [-0.05, 0) is 40.8 Å². The number of carbonyl (C=O) groups is 1. The van der Waals surface area contributed by atoms with Crippen molar-refractivity contribution in [2.24, 2.45) is 0 Å². The fourth-order valence-corrected chi connectivity index (χ4v) is 2.55. The van der Waals surface area contributed by atoms with Gasteiger partial charge in [0.25, 0.3) is 0 Å². The van der Waals surface area contributed by atoms with Gasteiger partial charge in [0.2, 0.25) is 5.91 Å². The molecule has 1 rings (SSSR count). The summed E-state index contributed by atoms with van der Waals surface area (Å²) in [5.74, 6) is -0.00417. The van der Waals surface area contributed by atoms with Crippen molar-refractivity contribution in [1.29, 1.82) is 0 Å². The number of nitrogens with zero attached hydrogens (tertiary/aromatic N) is 1. The molecule has 1 N–H and O–H groups in total. The van der Waals surface area contributed by atoms with Crippen LogP contribution in [0.2, 0.25) is 0 Å². The van der Waals surface area contributed by atoms with E-state index in [1.165, 1.54) is 32.1 Å². The zero-order valence-corrected chi connectivity index (χ0v) is 12.3. The average molecular weight is 256 g/mol. The molecular formula is C14H28N2O2. The highest BCUT2D eigenvalue weighted by Crippen LogP contribution is 2.31. The van der Waals surface area contributed by atoms with E-state index in [2.05, 4.69) is 24.3 Å². The molecule has 0 unspecified atom stereocenters. The lowest BCUT2D eigenvalue weighted by Gasteiger charge is -2.43. The summed E-state index contributed by atoms with van der Waals surface area (Å²) in [6, 6.07) is 0. The van der Waals surface area contributed by atoms with Crippen molar-refractivity contribution in [1.82, 2.24) is 10.2 Å². The lowest BCUT2D eigenvalue weighted by Crippen LogP contribution is -2.54. The summed E-state index contributed by atoms with van der Waals surface area (Å²) in [6.07, 6.45) is 6.29. The summed E-state index contributed by atoms with van der Waals surface area (Å²) in [4.78, 5) is 14.0. The van der Waals surface area contributed by atoms with Gasteiger partial charge in [-0.2, -0.15) is 0 Å². The molecule has 1 aliphatic carbocycles. The molecule has 18 heavy (non-hydrogen) atoms. The van der Waals surface area contributed by atoms with E-state index in [4.69, 9.17) is 4.74 Å². The Kier molecular flexibility index (Phi) is 6.09. The van der Waals surface area contributed by atoms with E-state index in [1.54, 1.807) is 0 Å². The normalized spacial score (nSPS) is 19.2. The zero-order valence-electron chi connectivity index (χ0n) is 12.3. The highest BCUT2D eigenvalue weighted by atomic mass is 16.5. The quantitative estimate of drug-likeness (QED) is 0.788. The molecule has 4 nitrogen and oxygen atoms in total. The van der Waals surface area contributed by atoms with Gasteiger partial charge >= 0.3 is 0 Å². The zero-order chi connectivity index (χ0) is 13.6. The van der Waals surface area contributed by atoms with Gasteiger partial charge in [-0.3, -0.25) is 4.79 Å². The molecule has 1 fully saturated rings. The second-order valence-corrected chi connectivity index (χ2v) is 5.82. The van der Waals surface area contributed by atoms with E-state index >= 15 is 0 Å². The number of amides is 1. The Labute approximate surface area is 111 Å². The van der Waals surface area contributed by atoms with Gasteiger partial charge < -0.3 is 15.0 Å². The molecule has 1 amide bonds. The molecule has 106 valence electrons. The van der Waals surface area contributed by atoms with Crippen LogP contribution >= 0.6 is 0 Å². The Bertz CT molecular complexity index is 259. The predicted octanol–water partition coefficient (Wildman–Crippen LogP) is 1.79. The van der Waals surface area contributed by atoms with Gasteiger partial charge in [0.15, 0.2) is 0 Å². The van der Waals surface area contributed by atoms with Crippen molar-refractivity contribution in [2.45, 2.75) is 57.6 Å². The van der Waals surface area contributed by atoms with Gasteiger partial charge in [-0.15, -0.1) is 0 Å². The average Bonchev–Trinajstić information content (AvgIpc) is 2.34. The molecule has 0 aromatic rings. The van der Waals surface area contributed by atoms with Crippen LogP contribution in [-0.2, 0) is 9.53 Å². The van der Waals surface area contributed by atoms with E-state index in [0.717, 1.165) is 6.54 Å². The summed E-state index contributed by atoms with van der Waals surface area (Å²) in [5.41, 5.74) is 0.145. The van der Waals surface area contributed by atoms with Gasteiger partial charge in [-0.1, -0.05) is 19.3 Å². The number of hydrogen-bond donors (Lipinski definition) is 1. The number of rotatable bonds is 6. The number of carbonyl (C=O) groups excluding carboxylic acids is 1. The Morgan fingerprint density at radius 2 is 1.89 bits per heavy atom. The maximum Gasteiger partial charge on any atom is 0.246 e. The minimum Gasteiger partial charge on any atom is -0.369 e. The van der Waals surface area contributed by atoms with Crippen LogP contribution in [0.3, 0.4) is 0 Å². The van der Waals surface area contributed by atoms with Crippen molar-refractivity contribution in [3.63, 3.8) is 0 Å². The minimum atomic E-state index is -0.00417. The summed E-state index contributed by atoms with van der Waals surface area (Å²) in [7, 11) is 4.23. The Morgan fingerprint density at radius 1 is 1.28 bits per heavy atom. The maximum absolute atomic E-state index is 11.7. The van der Waals surface area contributed by atoms with E-state index < -0.39 is 0 Å². The van der Waals surface area contributed by atoms with Crippen LogP contribution in [-0.4, -0.2) is 49.7 Å². The Hall–Kier alpha value is -0.610.